The summed E-state index contributed by atoms with van der Waals surface area (Å²) in [4.78, 5) is 40.5. The number of carbonyl (C=O) groups is 2. The molecule has 1 amide bonds. The predicted molar refractivity (Wildman–Crippen MR) is 218 cm³/mol. The minimum Gasteiger partial charge on any atom is -0.464 e. The molecule has 3 aromatic heterocycles. The summed E-state index contributed by atoms with van der Waals surface area (Å²) in [6.45, 7) is 18.8. The number of aromatic nitrogens is 4. The van der Waals surface area contributed by atoms with E-state index in [1.54, 1.807) is 23.2 Å². The fourth-order valence-electron chi connectivity index (χ4n) is 7.66. The lowest BCUT2D eigenvalue weighted by Gasteiger charge is -2.47. The van der Waals surface area contributed by atoms with Crippen LogP contribution in [0, 0.1) is 6.92 Å². The number of rotatable bonds is 8. The first kappa shape index (κ1) is 39.1. The Morgan fingerprint density at radius 3 is 2.33 bits per heavy atom. The number of carbonyl (C=O) groups excluding carboxylic acids is 2. The van der Waals surface area contributed by atoms with E-state index in [1.807, 2.05) is 96.7 Å². The number of amides is 1. The molecule has 2 fully saturated rings. The highest BCUT2D eigenvalue weighted by molar-refractivity contribution is 7.22. The normalized spacial score (nSPS) is 16.8. The zero-order valence-corrected chi connectivity index (χ0v) is 34.8. The lowest BCUT2D eigenvalue weighted by atomic mass is 9.90. The van der Waals surface area contributed by atoms with Crippen molar-refractivity contribution >= 4 is 56.3 Å². The second-order valence-corrected chi connectivity index (χ2v) is 18.1. The van der Waals surface area contributed by atoms with Crippen LogP contribution in [0.4, 0.5) is 4.79 Å². The van der Waals surface area contributed by atoms with Crippen LogP contribution in [-0.2, 0) is 26.1 Å². The summed E-state index contributed by atoms with van der Waals surface area (Å²) < 4.78 is 20.4. The van der Waals surface area contributed by atoms with Crippen LogP contribution in [0.1, 0.15) is 90.2 Å². The third kappa shape index (κ3) is 8.24. The van der Waals surface area contributed by atoms with Gasteiger partial charge in [-0.05, 0) is 117 Å². The molecule has 0 aliphatic carbocycles. The number of aryl methyl sites for hydroxylation is 2. The van der Waals surface area contributed by atoms with Crippen molar-refractivity contribution in [2.75, 3.05) is 32.8 Å². The molecule has 2 saturated heterocycles. The quantitative estimate of drug-likeness (QED) is 0.142. The van der Waals surface area contributed by atoms with Crippen molar-refractivity contribution in [1.82, 2.24) is 29.5 Å². The Labute approximate surface area is 331 Å². The van der Waals surface area contributed by atoms with E-state index in [0.717, 1.165) is 85.7 Å². The van der Waals surface area contributed by atoms with Crippen LogP contribution in [0.5, 0.6) is 0 Å². The molecule has 1 atom stereocenters. The van der Waals surface area contributed by atoms with Crippen molar-refractivity contribution in [3.8, 4) is 21.7 Å². The summed E-state index contributed by atoms with van der Waals surface area (Å²) in [7, 11) is 1.95. The number of benzene rings is 2. The summed E-state index contributed by atoms with van der Waals surface area (Å²) >= 11 is 7.92. The second-order valence-electron chi connectivity index (χ2n) is 16.7. The number of likely N-dealkylation sites (tertiary alicyclic amines) is 2. The Kier molecular flexibility index (Phi) is 10.7. The number of hydrogen-bond donors (Lipinski definition) is 0. The van der Waals surface area contributed by atoms with Crippen molar-refractivity contribution in [3.05, 3.63) is 64.4 Å². The molecule has 55 heavy (non-hydrogen) atoms. The van der Waals surface area contributed by atoms with E-state index in [1.165, 1.54) is 0 Å². The van der Waals surface area contributed by atoms with Gasteiger partial charge in [-0.2, -0.15) is 5.10 Å². The molecule has 2 aromatic carbocycles. The largest absolute Gasteiger partial charge is 0.464 e. The number of hydrogen-bond acceptors (Lipinski definition) is 10. The van der Waals surface area contributed by atoms with Gasteiger partial charge >= 0.3 is 12.1 Å². The molecule has 5 aromatic rings. The Balaban J connectivity index is 1.20. The van der Waals surface area contributed by atoms with E-state index in [4.69, 9.17) is 40.9 Å². The van der Waals surface area contributed by atoms with Gasteiger partial charge in [-0.25, -0.2) is 19.6 Å². The number of thiazole rings is 1. The van der Waals surface area contributed by atoms with Crippen LogP contribution >= 0.6 is 22.9 Å². The molecular weight excluding hydrogens is 736 g/mol. The monoisotopic (exact) mass is 786 g/mol. The van der Waals surface area contributed by atoms with E-state index < -0.39 is 23.3 Å². The molecular formula is C42H51ClN6O5S. The number of pyridine rings is 1. The first-order chi connectivity index (χ1) is 26.0. The summed E-state index contributed by atoms with van der Waals surface area (Å²) in [5.74, 6) is -0.140. The molecule has 0 spiro atoms. The van der Waals surface area contributed by atoms with Crippen LogP contribution in [0.2, 0.25) is 5.02 Å². The third-order valence-electron chi connectivity index (χ3n) is 10.2. The van der Waals surface area contributed by atoms with Crippen LogP contribution in [0.25, 0.3) is 42.9 Å². The lowest BCUT2D eigenvalue weighted by Crippen LogP contribution is -2.62. The van der Waals surface area contributed by atoms with Gasteiger partial charge in [0, 0.05) is 65.4 Å². The molecule has 292 valence electrons. The Morgan fingerprint density at radius 2 is 1.69 bits per heavy atom. The van der Waals surface area contributed by atoms with Crippen LogP contribution in [0.3, 0.4) is 0 Å². The molecule has 7 rings (SSSR count). The Bertz CT molecular complexity index is 2220. The molecule has 2 aliphatic rings. The first-order valence-corrected chi connectivity index (χ1v) is 20.3. The van der Waals surface area contributed by atoms with E-state index in [2.05, 4.69) is 11.0 Å². The maximum absolute atomic E-state index is 13.6. The van der Waals surface area contributed by atoms with Gasteiger partial charge in [0.1, 0.15) is 10.6 Å². The average molecular weight is 787 g/mol. The van der Waals surface area contributed by atoms with Crippen molar-refractivity contribution in [3.63, 3.8) is 0 Å². The molecule has 0 N–H and O–H groups in total. The van der Waals surface area contributed by atoms with Crippen molar-refractivity contribution in [2.45, 2.75) is 97.5 Å². The van der Waals surface area contributed by atoms with Gasteiger partial charge in [0.2, 0.25) is 0 Å². The zero-order chi connectivity index (χ0) is 39.4. The summed E-state index contributed by atoms with van der Waals surface area (Å²) in [6.07, 6.45) is 2.65. The highest BCUT2D eigenvalue weighted by Crippen LogP contribution is 2.45. The second kappa shape index (κ2) is 15.1. The number of esters is 1. The minimum absolute atomic E-state index is 0.234. The standard InChI is InChI=1S/C42H51ClN6O5S/c1-10-52-39(50)35(53-41(3,4)5)32-24(2)19-31-36(33(32)25-11-13-28(43)14-12-25)55-38(45-31)27-20-30-34(46-47(9)37(30)44-21-27)26-15-17-48(18-16-26)29-22-49(23-29)40(51)54-42(6,7)8/h11-14,19-21,26,29,35H,10,15-18,22-23H2,1-9H3/t35-/m0/s1. The first-order valence-electron chi connectivity index (χ1n) is 19.1. The van der Waals surface area contributed by atoms with E-state index >= 15 is 0 Å². The van der Waals surface area contributed by atoms with Gasteiger partial charge < -0.3 is 19.1 Å². The van der Waals surface area contributed by atoms with Crippen LogP contribution < -0.4 is 0 Å². The van der Waals surface area contributed by atoms with Gasteiger partial charge in [-0.1, -0.05) is 23.7 Å². The fraction of sp³-hybridized carbons (Fsp3) is 0.500. The lowest BCUT2D eigenvalue weighted by molar-refractivity contribution is -0.166. The molecule has 0 radical (unpaired) electrons. The van der Waals surface area contributed by atoms with Crippen molar-refractivity contribution < 1.29 is 23.8 Å². The summed E-state index contributed by atoms with van der Waals surface area (Å²) in [6, 6.07) is 12.2. The smallest absolute Gasteiger partial charge is 0.410 e. The predicted octanol–water partition coefficient (Wildman–Crippen LogP) is 9.09. The number of fused-ring (bicyclic) bond motifs is 2. The van der Waals surface area contributed by atoms with Crippen LogP contribution in [0.15, 0.2) is 42.6 Å². The maximum atomic E-state index is 13.6. The van der Waals surface area contributed by atoms with E-state index in [9.17, 15) is 9.59 Å². The molecule has 0 unspecified atom stereocenters. The van der Waals surface area contributed by atoms with Gasteiger partial charge in [-0.15, -0.1) is 11.3 Å². The molecule has 13 heteroatoms. The SMILES string of the molecule is CCOC(=O)[C@@H](OC(C)(C)C)c1c(C)cc2nc(-c3cnc4c(c3)c(C3CCN(C5CN(C(=O)OC(C)(C)C)C5)CC3)nn4C)sc2c1-c1ccc(Cl)cc1. The topological polar surface area (TPSA) is 112 Å². The van der Waals surface area contributed by atoms with Gasteiger partial charge in [0.05, 0.1) is 28.1 Å². The van der Waals surface area contributed by atoms with Gasteiger partial charge in [-0.3, -0.25) is 9.58 Å². The number of ether oxygens (including phenoxy) is 3. The number of piperidine rings is 1. The Hall–Kier alpha value is -4.10. The van der Waals surface area contributed by atoms with E-state index in [0.29, 0.717) is 30.1 Å². The van der Waals surface area contributed by atoms with E-state index in [-0.39, 0.29) is 12.7 Å². The highest BCUT2D eigenvalue weighted by Gasteiger charge is 2.39. The number of halogens is 1. The van der Waals surface area contributed by atoms with Crippen molar-refractivity contribution in [2.24, 2.45) is 7.05 Å². The maximum Gasteiger partial charge on any atom is 0.410 e. The Morgan fingerprint density at radius 1 is 1.00 bits per heavy atom. The molecule has 0 bridgehead atoms. The molecule has 2 aliphatic heterocycles. The molecule has 11 nitrogen and oxygen atoms in total. The minimum atomic E-state index is -0.948. The van der Waals surface area contributed by atoms with Gasteiger partial charge in [0.15, 0.2) is 11.8 Å². The zero-order valence-electron chi connectivity index (χ0n) is 33.2. The summed E-state index contributed by atoms with van der Waals surface area (Å²) in [5, 5.41) is 7.49. The molecule has 0 saturated carbocycles. The van der Waals surface area contributed by atoms with Crippen molar-refractivity contribution in [1.29, 1.82) is 0 Å². The number of nitrogens with zero attached hydrogens (tertiary/aromatic N) is 6. The summed E-state index contributed by atoms with van der Waals surface area (Å²) in [5.41, 5.74) is 5.94. The molecule has 5 heterocycles. The van der Waals surface area contributed by atoms with Crippen LogP contribution in [-0.4, -0.2) is 91.6 Å². The fourth-order valence-corrected chi connectivity index (χ4v) is 8.89. The highest BCUT2D eigenvalue weighted by atomic mass is 35.5. The average Bonchev–Trinajstić information content (AvgIpc) is 3.66. The third-order valence-corrected chi connectivity index (χ3v) is 11.6. The van der Waals surface area contributed by atoms with Gasteiger partial charge in [0.25, 0.3) is 0 Å².